The summed E-state index contributed by atoms with van der Waals surface area (Å²) in [5.74, 6) is 0.674. The Labute approximate surface area is 70.9 Å². The molecule has 50 valence electrons. The molecule has 0 aliphatic heterocycles. The number of hydrogen-bond donors (Lipinski definition) is 1. The van der Waals surface area contributed by atoms with Crippen molar-refractivity contribution in [2.24, 2.45) is 7.05 Å². The van der Waals surface area contributed by atoms with Crippen molar-refractivity contribution in [3.8, 4) is 0 Å². The Kier molecular flexibility index (Phi) is 3.44. The molecule has 0 saturated heterocycles. The monoisotopic (exact) mass is 237 g/mol. The van der Waals surface area contributed by atoms with Crippen LogP contribution >= 0.6 is 0 Å². The van der Waals surface area contributed by atoms with Crippen molar-refractivity contribution in [2.45, 2.75) is 0 Å². The van der Waals surface area contributed by atoms with Crippen LogP contribution < -0.4 is 34.3 Å². The zero-order valence-electron chi connectivity index (χ0n) is 5.08. The number of hydrogen-bond acceptors (Lipinski definition) is 2. The summed E-state index contributed by atoms with van der Waals surface area (Å²) in [4.78, 5) is 3.80. The first-order valence-corrected chi connectivity index (χ1v) is 2.36. The van der Waals surface area contributed by atoms with Crippen LogP contribution in [0.1, 0.15) is 0 Å². The molecule has 2 N–H and O–H groups in total. The van der Waals surface area contributed by atoms with Gasteiger partial charge >= 0.3 is 0 Å². The van der Waals surface area contributed by atoms with Gasteiger partial charge in [-0.1, -0.05) is 0 Å². The highest BCUT2D eigenvalue weighted by atomic mass is 127. The van der Waals surface area contributed by atoms with Crippen LogP contribution in [0.5, 0.6) is 0 Å². The predicted molar refractivity (Wildman–Crippen MR) is 29.8 cm³/mol. The van der Waals surface area contributed by atoms with E-state index in [2.05, 4.69) is 4.98 Å². The van der Waals surface area contributed by atoms with Gasteiger partial charge in [0.05, 0.1) is 13.2 Å². The van der Waals surface area contributed by atoms with E-state index in [1.165, 1.54) is 0 Å². The van der Waals surface area contributed by atoms with E-state index in [0.29, 0.717) is 5.82 Å². The minimum atomic E-state index is 0. The van der Waals surface area contributed by atoms with Crippen LogP contribution in [0.4, 0.5) is 5.82 Å². The molecule has 0 radical (unpaired) electrons. The number of nitrogens with zero attached hydrogens (tertiary/aromatic N) is 2. The van der Waals surface area contributed by atoms with Crippen molar-refractivity contribution in [3.05, 3.63) is 18.6 Å². The van der Waals surface area contributed by atoms with E-state index in [0.717, 1.165) is 0 Å². The lowest BCUT2D eigenvalue weighted by Gasteiger charge is -1.88. The van der Waals surface area contributed by atoms with Crippen LogP contribution in [0.25, 0.3) is 0 Å². The highest BCUT2D eigenvalue weighted by Crippen LogP contribution is 1.81. The van der Waals surface area contributed by atoms with Gasteiger partial charge in [-0.2, -0.15) is 0 Å². The fourth-order valence-electron chi connectivity index (χ4n) is 0.435. The SMILES string of the molecule is C[n+]1ccncc1N.[I-]. The van der Waals surface area contributed by atoms with E-state index < -0.39 is 0 Å². The average molecular weight is 237 g/mol. The Hall–Kier alpha value is -0.390. The lowest BCUT2D eigenvalue weighted by atomic mass is 10.6. The lowest BCUT2D eigenvalue weighted by molar-refractivity contribution is -0.657. The molecule has 1 aromatic rings. The summed E-state index contributed by atoms with van der Waals surface area (Å²) >= 11 is 0. The Morgan fingerprint density at radius 3 is 2.67 bits per heavy atom. The van der Waals surface area contributed by atoms with Crippen LogP contribution in [-0.4, -0.2) is 4.98 Å². The number of anilines is 1. The number of aromatic nitrogens is 2. The van der Waals surface area contributed by atoms with Gasteiger partial charge in [-0.15, -0.1) is 0 Å². The van der Waals surface area contributed by atoms with Gasteiger partial charge in [0.1, 0.15) is 12.4 Å². The molecule has 0 aromatic carbocycles. The first kappa shape index (κ1) is 8.61. The molecule has 1 rings (SSSR count). The van der Waals surface area contributed by atoms with Gasteiger partial charge in [-0.05, 0) is 0 Å². The Balaban J connectivity index is 0.000000640. The van der Waals surface area contributed by atoms with Gasteiger partial charge < -0.3 is 24.0 Å². The van der Waals surface area contributed by atoms with E-state index in [4.69, 9.17) is 5.73 Å². The molecule has 1 aromatic heterocycles. The molecule has 4 heteroatoms. The normalized spacial score (nSPS) is 8.11. The molecular formula is C5H8IN3. The Bertz CT molecular complexity index is 168. The molecule has 0 fully saturated rings. The van der Waals surface area contributed by atoms with Crippen LogP contribution in [0.2, 0.25) is 0 Å². The van der Waals surface area contributed by atoms with Crippen molar-refractivity contribution in [1.29, 1.82) is 0 Å². The highest BCUT2D eigenvalue weighted by Gasteiger charge is 1.91. The topological polar surface area (TPSA) is 42.8 Å². The number of rotatable bonds is 0. The Morgan fingerprint density at radius 1 is 1.67 bits per heavy atom. The lowest BCUT2D eigenvalue weighted by Crippen LogP contribution is -3.00. The minimum Gasteiger partial charge on any atom is -1.00 e. The summed E-state index contributed by atoms with van der Waals surface area (Å²) in [6.07, 6.45) is 5.10. The zero-order chi connectivity index (χ0) is 5.98. The maximum atomic E-state index is 5.42. The van der Waals surface area contributed by atoms with Gasteiger partial charge in [-0.25, -0.2) is 4.57 Å². The van der Waals surface area contributed by atoms with Gasteiger partial charge in [0.25, 0.3) is 5.82 Å². The fourth-order valence-corrected chi connectivity index (χ4v) is 0.435. The molecule has 0 aliphatic rings. The second-order valence-corrected chi connectivity index (χ2v) is 1.61. The van der Waals surface area contributed by atoms with E-state index in [9.17, 15) is 0 Å². The number of nitrogen functional groups attached to an aromatic ring is 1. The maximum absolute atomic E-state index is 5.42. The minimum absolute atomic E-state index is 0. The number of nitrogens with two attached hydrogens (primary N) is 1. The van der Waals surface area contributed by atoms with E-state index >= 15 is 0 Å². The quantitative estimate of drug-likeness (QED) is 0.375. The van der Waals surface area contributed by atoms with Crippen molar-refractivity contribution in [2.75, 3.05) is 5.73 Å². The number of halogens is 1. The summed E-state index contributed by atoms with van der Waals surface area (Å²) in [7, 11) is 1.87. The van der Waals surface area contributed by atoms with Crippen LogP contribution in [0.3, 0.4) is 0 Å². The highest BCUT2D eigenvalue weighted by molar-refractivity contribution is 5.12. The van der Waals surface area contributed by atoms with Crippen molar-refractivity contribution in [1.82, 2.24) is 4.98 Å². The second-order valence-electron chi connectivity index (χ2n) is 1.61. The third-order valence-corrected chi connectivity index (χ3v) is 0.990. The van der Waals surface area contributed by atoms with Crippen LogP contribution in [0, 0.1) is 0 Å². The third kappa shape index (κ3) is 2.13. The van der Waals surface area contributed by atoms with Gasteiger partial charge in [0, 0.05) is 0 Å². The average Bonchev–Trinajstić information content (AvgIpc) is 1.77. The zero-order valence-corrected chi connectivity index (χ0v) is 7.24. The van der Waals surface area contributed by atoms with E-state index in [1.807, 2.05) is 7.05 Å². The molecule has 3 nitrogen and oxygen atoms in total. The third-order valence-electron chi connectivity index (χ3n) is 0.990. The van der Waals surface area contributed by atoms with E-state index in [-0.39, 0.29) is 24.0 Å². The molecule has 0 aliphatic carbocycles. The molecule has 0 amide bonds. The molecule has 0 atom stereocenters. The molecular weight excluding hydrogens is 229 g/mol. The number of aryl methyl sites for hydroxylation is 1. The van der Waals surface area contributed by atoms with Gasteiger partial charge in [0.15, 0.2) is 0 Å². The van der Waals surface area contributed by atoms with E-state index in [1.54, 1.807) is 23.2 Å². The second kappa shape index (κ2) is 3.60. The maximum Gasteiger partial charge on any atom is 0.290 e. The molecule has 0 bridgehead atoms. The molecule has 0 spiro atoms. The molecule has 1 heterocycles. The Morgan fingerprint density at radius 2 is 2.33 bits per heavy atom. The summed E-state index contributed by atoms with van der Waals surface area (Å²) in [5.41, 5.74) is 5.42. The fraction of sp³-hybridized carbons (Fsp3) is 0.200. The molecule has 0 unspecified atom stereocenters. The first-order chi connectivity index (χ1) is 3.80. The standard InChI is InChI=1S/C5H7N3.HI/c1-8-3-2-7-4-5(8)6;/h2-4,6H,1H3;1H. The van der Waals surface area contributed by atoms with Crippen molar-refractivity contribution < 1.29 is 28.5 Å². The summed E-state index contributed by atoms with van der Waals surface area (Å²) in [6, 6.07) is 0. The first-order valence-electron chi connectivity index (χ1n) is 2.36. The van der Waals surface area contributed by atoms with Crippen molar-refractivity contribution >= 4 is 5.82 Å². The summed E-state index contributed by atoms with van der Waals surface area (Å²) in [5, 5.41) is 0. The van der Waals surface area contributed by atoms with Crippen LogP contribution in [-0.2, 0) is 7.05 Å². The van der Waals surface area contributed by atoms with Crippen LogP contribution in [0.15, 0.2) is 18.6 Å². The van der Waals surface area contributed by atoms with Gasteiger partial charge in [0.2, 0.25) is 0 Å². The smallest absolute Gasteiger partial charge is 0.290 e. The largest absolute Gasteiger partial charge is 1.00 e. The predicted octanol–water partition coefficient (Wildman–Crippen LogP) is -3.51. The summed E-state index contributed by atoms with van der Waals surface area (Å²) < 4.78 is 1.80. The van der Waals surface area contributed by atoms with Gasteiger partial charge in [-0.3, -0.25) is 10.7 Å². The molecule has 9 heavy (non-hydrogen) atoms. The molecule has 0 saturated carbocycles. The van der Waals surface area contributed by atoms with Crippen molar-refractivity contribution in [3.63, 3.8) is 0 Å². The summed E-state index contributed by atoms with van der Waals surface area (Å²) in [6.45, 7) is 0.